The lowest BCUT2D eigenvalue weighted by Crippen LogP contribution is -2.64. The summed E-state index contributed by atoms with van der Waals surface area (Å²) in [5.41, 5.74) is 0.977. The van der Waals surface area contributed by atoms with Gasteiger partial charge in [-0.15, -0.1) is 0 Å². The molecule has 5 aromatic carbocycles. The van der Waals surface area contributed by atoms with Crippen molar-refractivity contribution in [3.8, 4) is 0 Å². The Labute approximate surface area is 350 Å². The lowest BCUT2D eigenvalue weighted by atomic mass is 9.95. The standard InChI is InChI=1S/C44H41N4O10PS/c1-2-38-40(50)46(42(38)60-39(49)19-12-28-45-44(52)58-30-32-22-26-34(27-23-32)48(55)56)41(43(51)57-29-31-20-24-33(25-21-31)47(53)54)59(35-13-6-3-7-14-35,36-15-8-4-9-16-36)37-17-10-5-11-18-37/h3-11,13-18,20-27,38,42H,2,12,19,28-30H2,1H3,(H,45,52). The number of carbonyl (C=O) groups excluding carboxylic acids is 4. The summed E-state index contributed by atoms with van der Waals surface area (Å²) < 4.78 is 11.3. The average Bonchev–Trinajstić information content (AvgIpc) is 3.27. The molecule has 2 atom stereocenters. The maximum atomic E-state index is 15.0. The Morgan fingerprint density at radius 2 is 1.15 bits per heavy atom. The van der Waals surface area contributed by atoms with Gasteiger partial charge in [-0.2, -0.15) is 0 Å². The van der Waals surface area contributed by atoms with E-state index in [1.807, 2.05) is 97.9 Å². The zero-order valence-corrected chi connectivity index (χ0v) is 34.2. The molecule has 0 saturated carbocycles. The van der Waals surface area contributed by atoms with E-state index in [9.17, 15) is 34.6 Å². The van der Waals surface area contributed by atoms with Crippen molar-refractivity contribution in [2.45, 2.75) is 44.8 Å². The number of nitro groups is 2. The molecule has 0 aromatic heterocycles. The number of amides is 2. The third kappa shape index (κ3) is 9.65. The van der Waals surface area contributed by atoms with Crippen molar-refractivity contribution in [2.75, 3.05) is 6.54 Å². The predicted octanol–water partition coefficient (Wildman–Crippen LogP) is 6.83. The van der Waals surface area contributed by atoms with Crippen LogP contribution in [0.4, 0.5) is 16.2 Å². The number of likely N-dealkylation sites (tertiary alicyclic amines) is 1. The number of non-ortho nitro benzene ring substituents is 2. The summed E-state index contributed by atoms with van der Waals surface area (Å²) >= 11 is 0.966. The van der Waals surface area contributed by atoms with Crippen LogP contribution in [0.3, 0.4) is 0 Å². The van der Waals surface area contributed by atoms with Gasteiger partial charge in [0.15, 0.2) is 5.12 Å². The van der Waals surface area contributed by atoms with Crippen LogP contribution in [-0.2, 0) is 37.1 Å². The first-order chi connectivity index (χ1) is 29.0. The van der Waals surface area contributed by atoms with Crippen LogP contribution in [0.25, 0.3) is 0 Å². The predicted molar refractivity (Wildman–Crippen MR) is 231 cm³/mol. The van der Waals surface area contributed by atoms with Crippen molar-refractivity contribution in [3.63, 3.8) is 0 Å². The zero-order chi connectivity index (χ0) is 42.6. The Bertz CT molecular complexity index is 2300. The fraction of sp³-hybridized carbons (Fsp3) is 0.205. The van der Waals surface area contributed by atoms with Gasteiger partial charge in [-0.25, -0.2) is 9.59 Å². The molecule has 1 fully saturated rings. The minimum absolute atomic E-state index is 0.0402. The summed E-state index contributed by atoms with van der Waals surface area (Å²) in [4.78, 5) is 78.1. The van der Waals surface area contributed by atoms with E-state index in [2.05, 4.69) is 5.32 Å². The minimum Gasteiger partial charge on any atom is -0.456 e. The number of ether oxygens (including phenoxy) is 2. The number of hydrogen-bond acceptors (Lipinski definition) is 11. The summed E-state index contributed by atoms with van der Waals surface area (Å²) in [6.45, 7) is -1.64. The number of thioether (sulfide) groups is 1. The maximum Gasteiger partial charge on any atom is 0.407 e. The van der Waals surface area contributed by atoms with Gasteiger partial charge in [0.05, 0.1) is 15.8 Å². The van der Waals surface area contributed by atoms with Gasteiger partial charge in [-0.05, 0) is 64.1 Å². The Kier molecular flexibility index (Phi) is 14.3. The van der Waals surface area contributed by atoms with Crippen molar-refractivity contribution >= 4 is 74.4 Å². The van der Waals surface area contributed by atoms with Gasteiger partial charge in [-0.1, -0.05) is 110 Å². The second kappa shape index (κ2) is 19.9. The monoisotopic (exact) mass is 848 g/mol. The van der Waals surface area contributed by atoms with Gasteiger partial charge in [0.2, 0.25) is 5.91 Å². The van der Waals surface area contributed by atoms with Crippen LogP contribution < -0.4 is 21.2 Å². The zero-order valence-electron chi connectivity index (χ0n) is 32.5. The van der Waals surface area contributed by atoms with Crippen LogP contribution >= 0.6 is 18.6 Å². The molecule has 60 heavy (non-hydrogen) atoms. The van der Waals surface area contributed by atoms with Crippen LogP contribution in [-0.4, -0.2) is 55.2 Å². The molecule has 2 unspecified atom stereocenters. The van der Waals surface area contributed by atoms with Crippen LogP contribution in [0.1, 0.15) is 37.3 Å². The summed E-state index contributed by atoms with van der Waals surface area (Å²) in [5, 5.41) is 26.1. The molecule has 2 amide bonds. The van der Waals surface area contributed by atoms with E-state index in [4.69, 9.17) is 9.47 Å². The number of nitrogens with one attached hydrogen (secondary N) is 1. The summed E-state index contributed by atoms with van der Waals surface area (Å²) in [6, 6.07) is 39.7. The van der Waals surface area contributed by atoms with Crippen LogP contribution in [0.2, 0.25) is 0 Å². The van der Waals surface area contributed by atoms with E-state index in [-0.39, 0.29) is 60.4 Å². The highest BCUT2D eigenvalue weighted by Crippen LogP contribution is 2.51. The number of alkyl carbamates (subject to hydrolysis) is 1. The SMILES string of the molecule is CCC1C(=O)N(C(C(=O)OCc2ccc([N+](=O)[O-])cc2)=P(c2ccccc2)(c2ccccc2)c2ccccc2)C1SC(=O)CCCNC(=O)OCc1ccc([N+](=O)[O-])cc1. The van der Waals surface area contributed by atoms with E-state index in [0.29, 0.717) is 17.5 Å². The van der Waals surface area contributed by atoms with Gasteiger partial charge >= 0.3 is 12.1 Å². The molecule has 1 saturated heterocycles. The van der Waals surface area contributed by atoms with Crippen molar-refractivity contribution in [1.29, 1.82) is 0 Å². The molecule has 1 heterocycles. The molecule has 5 aromatic rings. The smallest absolute Gasteiger partial charge is 0.407 e. The summed E-state index contributed by atoms with van der Waals surface area (Å²) in [5.74, 6) is -1.68. The number of esters is 1. The fourth-order valence-corrected chi connectivity index (χ4v) is 12.7. The molecular weight excluding hydrogens is 808 g/mol. The molecule has 0 bridgehead atoms. The first-order valence-corrected chi connectivity index (χ1v) is 21.7. The highest BCUT2D eigenvalue weighted by molar-refractivity contribution is 8.14. The van der Waals surface area contributed by atoms with Gasteiger partial charge in [0.1, 0.15) is 24.0 Å². The van der Waals surface area contributed by atoms with Crippen LogP contribution in [0.5, 0.6) is 0 Å². The number of β-lactam (4-membered cyclic amide) rings is 1. The second-order valence-electron chi connectivity index (χ2n) is 13.6. The van der Waals surface area contributed by atoms with Gasteiger partial charge in [0, 0.05) is 44.1 Å². The topological polar surface area (TPSA) is 188 Å². The Morgan fingerprint density at radius 3 is 1.58 bits per heavy atom. The number of rotatable bonds is 17. The van der Waals surface area contributed by atoms with E-state index >= 15 is 4.79 Å². The van der Waals surface area contributed by atoms with Crippen LogP contribution in [0.15, 0.2) is 140 Å². The highest BCUT2D eigenvalue weighted by Gasteiger charge is 2.54. The first-order valence-electron chi connectivity index (χ1n) is 19.0. The van der Waals surface area contributed by atoms with Crippen molar-refractivity contribution in [1.82, 2.24) is 10.2 Å². The fourth-order valence-electron chi connectivity index (χ4n) is 6.88. The summed E-state index contributed by atoms with van der Waals surface area (Å²) in [6.07, 6.45) is -0.0111. The molecule has 0 radical (unpaired) electrons. The van der Waals surface area contributed by atoms with E-state index in [0.717, 1.165) is 27.7 Å². The normalized spacial score (nSPS) is 14.7. The lowest BCUT2D eigenvalue weighted by Gasteiger charge is -2.49. The molecule has 0 aliphatic carbocycles. The van der Waals surface area contributed by atoms with Crippen molar-refractivity contribution < 1.29 is 38.5 Å². The van der Waals surface area contributed by atoms with Crippen molar-refractivity contribution in [3.05, 3.63) is 171 Å². The maximum absolute atomic E-state index is 15.0. The van der Waals surface area contributed by atoms with Crippen molar-refractivity contribution in [2.24, 2.45) is 5.92 Å². The number of carbonyl (C=O) groups is 4. The molecule has 16 heteroatoms. The van der Waals surface area contributed by atoms with E-state index < -0.39 is 40.1 Å². The van der Waals surface area contributed by atoms with Gasteiger partial charge in [-0.3, -0.25) is 34.7 Å². The molecule has 14 nitrogen and oxygen atoms in total. The number of hydrogen-bond donors (Lipinski definition) is 1. The van der Waals surface area contributed by atoms with Crippen LogP contribution in [0, 0.1) is 26.1 Å². The molecule has 1 aliphatic heterocycles. The molecule has 308 valence electrons. The molecule has 1 N–H and O–H groups in total. The average molecular weight is 849 g/mol. The second-order valence-corrected chi connectivity index (χ2v) is 18.1. The largest absolute Gasteiger partial charge is 0.456 e. The Morgan fingerprint density at radius 1 is 0.700 bits per heavy atom. The first kappa shape index (κ1) is 43.0. The Hall–Kier alpha value is -6.57. The summed E-state index contributed by atoms with van der Waals surface area (Å²) in [7, 11) is 0. The molecule has 6 rings (SSSR count). The van der Waals surface area contributed by atoms with Gasteiger partial charge in [0.25, 0.3) is 11.4 Å². The molecular formula is C44H41N4O10PS. The Balaban J connectivity index is 1.31. The molecule has 0 spiro atoms. The lowest BCUT2D eigenvalue weighted by molar-refractivity contribution is -0.385. The van der Waals surface area contributed by atoms with Gasteiger partial charge < -0.3 is 14.8 Å². The molecule has 1 aliphatic rings. The number of nitro benzene ring substituents is 2. The highest BCUT2D eigenvalue weighted by atomic mass is 32.2. The third-order valence-corrected chi connectivity index (χ3v) is 15.4. The third-order valence-electron chi connectivity index (χ3n) is 9.87. The number of nitrogens with zero attached hydrogens (tertiary/aromatic N) is 3. The quantitative estimate of drug-likeness (QED) is 0.0258. The minimum atomic E-state index is -3.27. The van der Waals surface area contributed by atoms with E-state index in [1.165, 1.54) is 53.4 Å². The number of benzene rings is 5. The van der Waals surface area contributed by atoms with E-state index in [1.54, 1.807) is 0 Å².